The van der Waals surface area contributed by atoms with Crippen molar-refractivity contribution in [2.75, 3.05) is 18.5 Å². The number of pyridine rings is 1. The Morgan fingerprint density at radius 1 is 1.19 bits per heavy atom. The van der Waals surface area contributed by atoms with Gasteiger partial charge >= 0.3 is 0 Å². The van der Waals surface area contributed by atoms with Crippen molar-refractivity contribution in [3.63, 3.8) is 0 Å². The van der Waals surface area contributed by atoms with Gasteiger partial charge in [-0.3, -0.25) is 9.59 Å². The number of nitrogens with zero attached hydrogens (tertiary/aromatic N) is 1. The number of hydrogen-bond acceptors (Lipinski definition) is 6. The van der Waals surface area contributed by atoms with Crippen LogP contribution in [0.3, 0.4) is 0 Å². The Labute approximate surface area is 188 Å². The lowest BCUT2D eigenvalue weighted by molar-refractivity contribution is 0.0920. The second-order valence-corrected chi connectivity index (χ2v) is 9.12. The summed E-state index contributed by atoms with van der Waals surface area (Å²) < 4.78 is 0. The monoisotopic (exact) mass is 440 g/mol. The van der Waals surface area contributed by atoms with E-state index in [1.165, 1.54) is 0 Å². The number of hydrogen-bond donors (Lipinski definition) is 5. The standard InChI is InChI=1S/C24H32N4O4/c1-14-5-6-16(22(31)27-18-7-8-18)9-19(14)17-10-20(23(32)26-15(2)12-29)21(25-11-17)28-24(3,4)13-30/h5-6,9-11,15,18,29-30H,7-8,12-13H2,1-4H3,(H,25,28)(H,26,32)(H,27,31). The lowest BCUT2D eigenvalue weighted by Crippen LogP contribution is -2.38. The summed E-state index contributed by atoms with van der Waals surface area (Å²) in [6.45, 7) is 6.89. The summed E-state index contributed by atoms with van der Waals surface area (Å²) >= 11 is 0. The number of benzene rings is 1. The average Bonchev–Trinajstić information content (AvgIpc) is 3.58. The molecule has 2 aromatic rings. The zero-order chi connectivity index (χ0) is 23.5. The van der Waals surface area contributed by atoms with Crippen LogP contribution in [0, 0.1) is 6.92 Å². The van der Waals surface area contributed by atoms with Crippen LogP contribution in [0.1, 0.15) is 59.9 Å². The second-order valence-electron chi connectivity index (χ2n) is 9.12. The fourth-order valence-corrected chi connectivity index (χ4v) is 3.16. The number of amides is 2. The Bertz CT molecular complexity index is 1000. The fourth-order valence-electron chi connectivity index (χ4n) is 3.16. The number of aromatic nitrogens is 1. The molecule has 1 heterocycles. The molecular formula is C24H32N4O4. The first-order chi connectivity index (χ1) is 15.1. The third kappa shape index (κ3) is 5.83. The molecule has 1 saturated carbocycles. The highest BCUT2D eigenvalue weighted by molar-refractivity contribution is 6.01. The molecule has 3 rings (SSSR count). The van der Waals surface area contributed by atoms with Crippen molar-refractivity contribution >= 4 is 17.6 Å². The normalized spacial score (nSPS) is 14.6. The molecule has 8 heteroatoms. The van der Waals surface area contributed by atoms with Gasteiger partial charge in [0, 0.05) is 29.4 Å². The van der Waals surface area contributed by atoms with Crippen molar-refractivity contribution < 1.29 is 19.8 Å². The van der Waals surface area contributed by atoms with Gasteiger partial charge in [0.1, 0.15) is 5.82 Å². The SMILES string of the molecule is Cc1ccc(C(=O)NC2CC2)cc1-c1cnc(NC(C)(C)CO)c(C(=O)NC(C)CO)c1. The largest absolute Gasteiger partial charge is 0.394 e. The third-order valence-electron chi connectivity index (χ3n) is 5.36. The summed E-state index contributed by atoms with van der Waals surface area (Å²) in [6.07, 6.45) is 3.67. The van der Waals surface area contributed by atoms with Crippen LogP contribution in [0.5, 0.6) is 0 Å². The van der Waals surface area contributed by atoms with Crippen LogP contribution in [0.25, 0.3) is 11.1 Å². The first-order valence-corrected chi connectivity index (χ1v) is 10.9. The van der Waals surface area contributed by atoms with E-state index in [4.69, 9.17) is 0 Å². The van der Waals surface area contributed by atoms with Crippen LogP contribution in [0.4, 0.5) is 5.82 Å². The number of nitrogens with one attached hydrogen (secondary N) is 3. The number of aliphatic hydroxyl groups excluding tert-OH is 2. The highest BCUT2D eigenvalue weighted by Gasteiger charge is 2.25. The topological polar surface area (TPSA) is 124 Å². The van der Waals surface area contributed by atoms with Gasteiger partial charge in [-0.25, -0.2) is 4.98 Å². The minimum Gasteiger partial charge on any atom is -0.394 e. The first kappa shape index (κ1) is 23.7. The summed E-state index contributed by atoms with van der Waals surface area (Å²) in [7, 11) is 0. The quantitative estimate of drug-likeness (QED) is 0.407. The fraction of sp³-hybridized carbons (Fsp3) is 0.458. The molecule has 0 radical (unpaired) electrons. The lowest BCUT2D eigenvalue weighted by atomic mass is 9.97. The van der Waals surface area contributed by atoms with Crippen molar-refractivity contribution in [1.82, 2.24) is 15.6 Å². The number of rotatable bonds is 9. The highest BCUT2D eigenvalue weighted by atomic mass is 16.3. The molecule has 0 spiro atoms. The highest BCUT2D eigenvalue weighted by Crippen LogP contribution is 2.29. The molecule has 0 aliphatic heterocycles. The number of carbonyl (C=O) groups is 2. The smallest absolute Gasteiger partial charge is 0.255 e. The van der Waals surface area contributed by atoms with E-state index in [9.17, 15) is 19.8 Å². The molecule has 32 heavy (non-hydrogen) atoms. The predicted molar refractivity (Wildman–Crippen MR) is 124 cm³/mol. The molecule has 8 nitrogen and oxygen atoms in total. The van der Waals surface area contributed by atoms with Gasteiger partial charge in [-0.15, -0.1) is 0 Å². The molecule has 172 valence electrons. The molecule has 0 saturated heterocycles. The molecule has 1 aromatic carbocycles. The van der Waals surface area contributed by atoms with E-state index in [0.717, 1.165) is 24.0 Å². The maximum absolute atomic E-state index is 13.0. The van der Waals surface area contributed by atoms with Crippen LogP contribution < -0.4 is 16.0 Å². The van der Waals surface area contributed by atoms with E-state index in [1.807, 2.05) is 19.1 Å². The Balaban J connectivity index is 2.00. The van der Waals surface area contributed by atoms with Crippen LogP contribution in [0.2, 0.25) is 0 Å². The van der Waals surface area contributed by atoms with Gasteiger partial charge in [-0.2, -0.15) is 0 Å². The summed E-state index contributed by atoms with van der Waals surface area (Å²) in [5.74, 6) is -0.174. The summed E-state index contributed by atoms with van der Waals surface area (Å²) in [5, 5.41) is 27.8. The first-order valence-electron chi connectivity index (χ1n) is 10.9. The molecule has 0 bridgehead atoms. The van der Waals surface area contributed by atoms with E-state index in [2.05, 4.69) is 20.9 Å². The molecule has 1 aromatic heterocycles. The van der Waals surface area contributed by atoms with Crippen molar-refractivity contribution in [3.05, 3.63) is 47.2 Å². The van der Waals surface area contributed by atoms with Crippen LogP contribution in [-0.2, 0) is 0 Å². The van der Waals surface area contributed by atoms with Gasteiger partial charge in [-0.05, 0) is 69.9 Å². The molecule has 1 aliphatic rings. The van der Waals surface area contributed by atoms with Gasteiger partial charge < -0.3 is 26.2 Å². The number of anilines is 1. The zero-order valence-electron chi connectivity index (χ0n) is 19.0. The van der Waals surface area contributed by atoms with Crippen LogP contribution >= 0.6 is 0 Å². The van der Waals surface area contributed by atoms with Crippen molar-refractivity contribution in [3.8, 4) is 11.1 Å². The maximum atomic E-state index is 13.0. The van der Waals surface area contributed by atoms with Gasteiger partial charge in [0.05, 0.1) is 24.3 Å². The van der Waals surface area contributed by atoms with E-state index in [0.29, 0.717) is 16.9 Å². The molecule has 5 N–H and O–H groups in total. The summed E-state index contributed by atoms with van der Waals surface area (Å²) in [6, 6.07) is 7.03. The molecule has 2 amide bonds. The predicted octanol–water partition coefficient (Wildman–Crippen LogP) is 2.24. The molecule has 1 atom stereocenters. The Morgan fingerprint density at radius 3 is 2.53 bits per heavy atom. The van der Waals surface area contributed by atoms with Gasteiger partial charge in [-0.1, -0.05) is 6.07 Å². The van der Waals surface area contributed by atoms with E-state index < -0.39 is 17.5 Å². The van der Waals surface area contributed by atoms with Gasteiger partial charge in [0.2, 0.25) is 0 Å². The number of aryl methyl sites for hydroxylation is 1. The molecule has 1 aliphatic carbocycles. The lowest BCUT2D eigenvalue weighted by Gasteiger charge is -2.26. The van der Waals surface area contributed by atoms with Crippen molar-refractivity contribution in [2.24, 2.45) is 0 Å². The number of aliphatic hydroxyl groups is 2. The second kappa shape index (κ2) is 9.67. The van der Waals surface area contributed by atoms with Crippen LogP contribution in [-0.4, -0.2) is 57.8 Å². The van der Waals surface area contributed by atoms with E-state index >= 15 is 0 Å². The Morgan fingerprint density at radius 2 is 1.91 bits per heavy atom. The van der Waals surface area contributed by atoms with E-state index in [1.54, 1.807) is 39.1 Å². The van der Waals surface area contributed by atoms with Crippen LogP contribution in [0.15, 0.2) is 30.5 Å². The minimum absolute atomic E-state index is 0.112. The van der Waals surface area contributed by atoms with Crippen molar-refractivity contribution in [2.45, 2.75) is 58.2 Å². The molecule has 1 unspecified atom stereocenters. The van der Waals surface area contributed by atoms with E-state index in [-0.39, 0.29) is 30.7 Å². The molecule has 1 fully saturated rings. The number of carbonyl (C=O) groups excluding carboxylic acids is 2. The Kier molecular flexibility index (Phi) is 7.16. The zero-order valence-corrected chi connectivity index (χ0v) is 19.0. The van der Waals surface area contributed by atoms with Gasteiger partial charge in [0.25, 0.3) is 11.8 Å². The van der Waals surface area contributed by atoms with Crippen molar-refractivity contribution in [1.29, 1.82) is 0 Å². The maximum Gasteiger partial charge on any atom is 0.255 e. The Hall–Kier alpha value is -2.97. The molecular weight excluding hydrogens is 408 g/mol. The third-order valence-corrected chi connectivity index (χ3v) is 5.36. The average molecular weight is 441 g/mol. The van der Waals surface area contributed by atoms with Gasteiger partial charge in [0.15, 0.2) is 0 Å². The summed E-state index contributed by atoms with van der Waals surface area (Å²) in [4.78, 5) is 29.9. The minimum atomic E-state index is -0.692. The summed E-state index contributed by atoms with van der Waals surface area (Å²) in [5.41, 5.74) is 2.60.